The molecule has 0 saturated carbocycles. The van der Waals surface area contributed by atoms with E-state index in [1.54, 1.807) is 42.6 Å². The Balaban J connectivity index is 1.69. The molecule has 0 unspecified atom stereocenters. The van der Waals surface area contributed by atoms with Crippen LogP contribution in [-0.2, 0) is 9.53 Å². The van der Waals surface area contributed by atoms with Gasteiger partial charge in [-0.2, -0.15) is 5.26 Å². The van der Waals surface area contributed by atoms with Crippen molar-refractivity contribution in [3.8, 4) is 11.8 Å². The molecule has 1 heterocycles. The Labute approximate surface area is 197 Å². The van der Waals surface area contributed by atoms with E-state index in [4.69, 9.17) is 14.7 Å². The topological polar surface area (TPSA) is 92.5 Å². The summed E-state index contributed by atoms with van der Waals surface area (Å²) < 4.78 is 10.8. The molecule has 3 aromatic rings. The number of amides is 1. The smallest absolute Gasteiger partial charge is 0.341 e. The summed E-state index contributed by atoms with van der Waals surface area (Å²) in [6.45, 7) is 2.15. The molecule has 168 valence electrons. The van der Waals surface area contributed by atoms with Crippen molar-refractivity contribution in [1.82, 2.24) is 4.98 Å². The van der Waals surface area contributed by atoms with Crippen LogP contribution in [0.5, 0.6) is 5.75 Å². The molecule has 8 heteroatoms. The zero-order chi connectivity index (χ0) is 23.5. The first kappa shape index (κ1) is 23.8. The third-order valence-corrected chi connectivity index (χ3v) is 5.51. The van der Waals surface area contributed by atoms with E-state index < -0.39 is 18.5 Å². The van der Waals surface area contributed by atoms with E-state index in [0.717, 1.165) is 4.90 Å². The number of ether oxygens (including phenoxy) is 2. The van der Waals surface area contributed by atoms with Gasteiger partial charge in [-0.05, 0) is 55.5 Å². The molecule has 0 fully saturated rings. The van der Waals surface area contributed by atoms with Crippen LogP contribution < -0.4 is 9.64 Å². The van der Waals surface area contributed by atoms with Crippen LogP contribution in [0.2, 0.25) is 0 Å². The summed E-state index contributed by atoms with van der Waals surface area (Å²) in [4.78, 5) is 32.2. The van der Waals surface area contributed by atoms with Crippen LogP contribution in [0.25, 0.3) is 0 Å². The highest BCUT2D eigenvalue weighted by molar-refractivity contribution is 7.99. The first-order chi connectivity index (χ1) is 16.1. The number of hydrogen-bond donors (Lipinski definition) is 0. The van der Waals surface area contributed by atoms with E-state index in [9.17, 15) is 9.59 Å². The molecule has 0 aliphatic carbocycles. The molecule has 0 aliphatic rings. The Morgan fingerprint density at radius 1 is 1.06 bits per heavy atom. The second kappa shape index (κ2) is 12.3. The molecule has 0 spiro atoms. The number of benzene rings is 2. The molecule has 3 rings (SSSR count). The van der Waals surface area contributed by atoms with Crippen molar-refractivity contribution in [1.29, 1.82) is 5.26 Å². The second-order valence-corrected chi connectivity index (χ2v) is 7.79. The van der Waals surface area contributed by atoms with Crippen molar-refractivity contribution in [3.05, 3.63) is 78.5 Å². The van der Waals surface area contributed by atoms with Gasteiger partial charge >= 0.3 is 5.97 Å². The van der Waals surface area contributed by atoms with Crippen LogP contribution in [0.15, 0.2) is 82.8 Å². The third kappa shape index (κ3) is 6.82. The largest absolute Gasteiger partial charge is 0.494 e. The highest BCUT2D eigenvalue weighted by Crippen LogP contribution is 2.28. The maximum Gasteiger partial charge on any atom is 0.341 e. The van der Waals surface area contributed by atoms with E-state index in [2.05, 4.69) is 4.98 Å². The fourth-order valence-electron chi connectivity index (χ4n) is 2.96. The minimum Gasteiger partial charge on any atom is -0.494 e. The summed E-state index contributed by atoms with van der Waals surface area (Å²) in [5.74, 6) is -0.383. The first-order valence-corrected chi connectivity index (χ1v) is 11.2. The fourth-order valence-corrected chi connectivity index (χ4v) is 3.85. The van der Waals surface area contributed by atoms with Crippen molar-refractivity contribution in [3.63, 3.8) is 0 Å². The molecule has 0 radical (unpaired) electrons. The van der Waals surface area contributed by atoms with Crippen molar-refractivity contribution in [2.45, 2.75) is 23.3 Å². The zero-order valence-electron chi connectivity index (χ0n) is 18.1. The van der Waals surface area contributed by atoms with Gasteiger partial charge in [-0.15, -0.1) is 0 Å². The molecule has 33 heavy (non-hydrogen) atoms. The number of hydrogen-bond acceptors (Lipinski definition) is 7. The lowest BCUT2D eigenvalue weighted by molar-refractivity contribution is -0.121. The highest BCUT2D eigenvalue weighted by Gasteiger charge is 2.20. The number of aromatic nitrogens is 1. The number of carbonyl (C=O) groups excluding carboxylic acids is 2. The molecule has 0 aliphatic heterocycles. The lowest BCUT2D eigenvalue weighted by Gasteiger charge is -2.22. The molecule has 1 amide bonds. The predicted octanol–water partition coefficient (Wildman–Crippen LogP) is 4.74. The van der Waals surface area contributed by atoms with Crippen LogP contribution in [-0.4, -0.2) is 36.6 Å². The van der Waals surface area contributed by atoms with Gasteiger partial charge < -0.3 is 14.4 Å². The zero-order valence-corrected chi connectivity index (χ0v) is 19.0. The average Bonchev–Trinajstić information content (AvgIpc) is 2.85. The summed E-state index contributed by atoms with van der Waals surface area (Å²) in [6.07, 6.45) is 1.75. The van der Waals surface area contributed by atoms with Crippen LogP contribution in [0.1, 0.15) is 23.7 Å². The Morgan fingerprint density at radius 2 is 1.82 bits per heavy atom. The summed E-state index contributed by atoms with van der Waals surface area (Å²) in [5, 5.41) is 9.47. The number of rotatable bonds is 10. The van der Waals surface area contributed by atoms with E-state index in [1.165, 1.54) is 16.7 Å². The van der Waals surface area contributed by atoms with E-state index in [0.29, 0.717) is 23.1 Å². The SMILES string of the molecule is CCOc1ccc(N(CCC#N)C(=O)COC(=O)c2cccnc2Sc2ccccc2)cc1. The number of esters is 1. The molecule has 1 aromatic heterocycles. The van der Waals surface area contributed by atoms with Gasteiger partial charge in [0.1, 0.15) is 10.8 Å². The van der Waals surface area contributed by atoms with Crippen molar-refractivity contribution >= 4 is 29.3 Å². The summed E-state index contributed by atoms with van der Waals surface area (Å²) in [5.41, 5.74) is 0.875. The molecule has 2 aromatic carbocycles. The van der Waals surface area contributed by atoms with Crippen LogP contribution in [0.4, 0.5) is 5.69 Å². The van der Waals surface area contributed by atoms with Crippen LogP contribution in [0.3, 0.4) is 0 Å². The van der Waals surface area contributed by atoms with Gasteiger partial charge in [0.2, 0.25) is 0 Å². The molecular weight excluding hydrogens is 438 g/mol. The van der Waals surface area contributed by atoms with Crippen molar-refractivity contribution in [2.24, 2.45) is 0 Å². The lowest BCUT2D eigenvalue weighted by atomic mass is 10.2. The van der Waals surface area contributed by atoms with E-state index in [-0.39, 0.29) is 18.5 Å². The van der Waals surface area contributed by atoms with Gasteiger partial charge in [0, 0.05) is 23.3 Å². The number of carbonyl (C=O) groups is 2. The van der Waals surface area contributed by atoms with Crippen LogP contribution >= 0.6 is 11.8 Å². The fraction of sp³-hybridized carbons (Fsp3) is 0.200. The van der Waals surface area contributed by atoms with E-state index in [1.807, 2.05) is 43.3 Å². The monoisotopic (exact) mass is 461 g/mol. The molecular formula is C25H23N3O4S. The van der Waals surface area contributed by atoms with Gasteiger partial charge in [0.15, 0.2) is 6.61 Å². The molecule has 0 bridgehead atoms. The number of pyridine rings is 1. The highest BCUT2D eigenvalue weighted by atomic mass is 32.2. The number of nitrogens with zero attached hydrogens (tertiary/aromatic N) is 3. The van der Waals surface area contributed by atoms with Gasteiger partial charge in [0.05, 0.1) is 24.7 Å². The van der Waals surface area contributed by atoms with Gasteiger partial charge in [-0.25, -0.2) is 9.78 Å². The maximum atomic E-state index is 12.9. The normalized spacial score (nSPS) is 10.2. The molecule has 0 N–H and O–H groups in total. The average molecular weight is 462 g/mol. The first-order valence-electron chi connectivity index (χ1n) is 10.4. The standard InChI is InChI=1S/C25H23N3O4S/c1-2-31-20-13-11-19(12-14-20)28(17-7-15-26)23(29)18-32-25(30)22-10-6-16-27-24(22)33-21-8-4-3-5-9-21/h3-6,8-14,16H,2,7,17-18H2,1H3. The molecule has 7 nitrogen and oxygen atoms in total. The summed E-state index contributed by atoms with van der Waals surface area (Å²) in [6, 6.07) is 21.8. The predicted molar refractivity (Wildman–Crippen MR) is 125 cm³/mol. The summed E-state index contributed by atoms with van der Waals surface area (Å²) in [7, 11) is 0. The minimum absolute atomic E-state index is 0.146. The lowest BCUT2D eigenvalue weighted by Crippen LogP contribution is -2.35. The maximum absolute atomic E-state index is 12.9. The molecule has 0 saturated heterocycles. The van der Waals surface area contributed by atoms with Crippen molar-refractivity contribution < 1.29 is 19.1 Å². The third-order valence-electron chi connectivity index (χ3n) is 4.48. The van der Waals surface area contributed by atoms with E-state index >= 15 is 0 Å². The Kier molecular flexibility index (Phi) is 8.86. The van der Waals surface area contributed by atoms with Gasteiger partial charge in [0.25, 0.3) is 5.91 Å². The Morgan fingerprint density at radius 3 is 2.52 bits per heavy atom. The second-order valence-electron chi connectivity index (χ2n) is 6.73. The van der Waals surface area contributed by atoms with Gasteiger partial charge in [-0.3, -0.25) is 4.79 Å². The number of nitriles is 1. The molecule has 0 atom stereocenters. The number of anilines is 1. The van der Waals surface area contributed by atoms with Crippen molar-refractivity contribution in [2.75, 3.05) is 24.7 Å². The summed E-state index contributed by atoms with van der Waals surface area (Å²) >= 11 is 1.34. The Bertz CT molecular complexity index is 1110. The minimum atomic E-state index is -0.637. The quantitative estimate of drug-likeness (QED) is 0.403. The van der Waals surface area contributed by atoms with Gasteiger partial charge in [-0.1, -0.05) is 30.0 Å². The van der Waals surface area contributed by atoms with Crippen LogP contribution in [0, 0.1) is 11.3 Å². The Hall–Kier alpha value is -3.83.